The first-order valence-electron chi connectivity index (χ1n) is 7.90. The lowest BCUT2D eigenvalue weighted by Gasteiger charge is -2.20. The van der Waals surface area contributed by atoms with Gasteiger partial charge in [0.05, 0.1) is 13.2 Å². The molecule has 1 unspecified atom stereocenters. The molecular weight excluding hydrogens is 396 g/mol. The highest BCUT2D eigenvalue weighted by Gasteiger charge is 2.20. The number of nitrogens with zero attached hydrogens (tertiary/aromatic N) is 3. The Kier molecular flexibility index (Phi) is 6.05. The Morgan fingerprint density at radius 1 is 1.26 bits per heavy atom. The fourth-order valence-corrected chi connectivity index (χ4v) is 3.07. The fourth-order valence-electron chi connectivity index (χ4n) is 2.54. The first kappa shape index (κ1) is 19.3. The first-order valence-corrected chi connectivity index (χ1v) is 8.65. The van der Waals surface area contributed by atoms with Crippen molar-refractivity contribution in [3.63, 3.8) is 0 Å². The third-order valence-corrected chi connectivity index (χ3v) is 4.45. The Hall–Kier alpha value is -2.48. The molecule has 1 atom stereocenters. The van der Waals surface area contributed by atoms with Gasteiger partial charge in [-0.15, -0.1) is 0 Å². The van der Waals surface area contributed by atoms with Crippen molar-refractivity contribution < 1.29 is 14.1 Å². The summed E-state index contributed by atoms with van der Waals surface area (Å²) in [6.45, 7) is 0.212. The third-order valence-electron chi connectivity index (χ3n) is 3.89. The smallest absolute Gasteiger partial charge is 0.367 e. The second kappa shape index (κ2) is 8.47. The van der Waals surface area contributed by atoms with Crippen molar-refractivity contribution in [3.05, 3.63) is 92.1 Å². The van der Waals surface area contributed by atoms with Crippen LogP contribution in [0.4, 0.5) is 10.2 Å². The van der Waals surface area contributed by atoms with Crippen LogP contribution in [-0.4, -0.2) is 14.5 Å². The zero-order valence-corrected chi connectivity index (χ0v) is 15.4. The lowest BCUT2D eigenvalue weighted by atomic mass is 10.1. The number of imidazole rings is 1. The monoisotopic (exact) mass is 409 g/mol. The van der Waals surface area contributed by atoms with Crippen molar-refractivity contribution in [1.29, 1.82) is 0 Å². The number of ether oxygens (including phenoxy) is 1. The van der Waals surface area contributed by atoms with Gasteiger partial charge < -0.3 is 19.4 Å². The molecule has 0 radical (unpaired) electrons. The molecule has 9 heteroatoms. The Balaban J connectivity index is 1.85. The molecule has 0 saturated heterocycles. The molecule has 3 rings (SSSR count). The normalized spacial score (nSPS) is 12.1. The average Bonchev–Trinajstić information content (AvgIpc) is 3.09. The van der Waals surface area contributed by atoms with Gasteiger partial charge in [-0.3, -0.25) is 0 Å². The number of hydrogen-bond acceptors (Lipinski definition) is 4. The molecule has 0 N–H and O–H groups in total. The summed E-state index contributed by atoms with van der Waals surface area (Å²) < 4.78 is 21.3. The molecule has 1 aromatic heterocycles. The van der Waals surface area contributed by atoms with Crippen LogP contribution in [0.15, 0.2) is 55.0 Å². The van der Waals surface area contributed by atoms with Gasteiger partial charge in [0.15, 0.2) is 0 Å². The van der Waals surface area contributed by atoms with E-state index in [9.17, 15) is 14.5 Å². The summed E-state index contributed by atoms with van der Waals surface area (Å²) in [5, 5.41) is 11.7. The van der Waals surface area contributed by atoms with E-state index in [0.717, 1.165) is 0 Å². The number of benzene rings is 2. The first-order chi connectivity index (χ1) is 12.9. The number of nitro groups is 1. The maximum Gasteiger partial charge on any atom is 0.381 e. The van der Waals surface area contributed by atoms with Crippen LogP contribution in [0, 0.1) is 15.9 Å². The van der Waals surface area contributed by atoms with Crippen LogP contribution in [0.3, 0.4) is 0 Å². The topological polar surface area (TPSA) is 70.2 Å². The predicted molar refractivity (Wildman–Crippen MR) is 99.3 cm³/mol. The van der Waals surface area contributed by atoms with Gasteiger partial charge in [0, 0.05) is 21.2 Å². The van der Waals surface area contributed by atoms with Crippen LogP contribution in [0.25, 0.3) is 0 Å². The molecule has 0 bridgehead atoms. The molecule has 0 aliphatic heterocycles. The molecule has 140 valence electrons. The van der Waals surface area contributed by atoms with Crippen molar-refractivity contribution >= 4 is 29.0 Å². The van der Waals surface area contributed by atoms with Gasteiger partial charge in [-0.05, 0) is 28.1 Å². The summed E-state index contributed by atoms with van der Waals surface area (Å²) in [5.74, 6) is -0.651. The molecule has 0 fully saturated rings. The van der Waals surface area contributed by atoms with Gasteiger partial charge >= 0.3 is 5.82 Å². The van der Waals surface area contributed by atoms with Crippen molar-refractivity contribution in [1.82, 2.24) is 9.55 Å². The average molecular weight is 410 g/mol. The number of rotatable bonds is 7. The van der Waals surface area contributed by atoms with Crippen LogP contribution in [-0.2, 0) is 17.9 Å². The van der Waals surface area contributed by atoms with Crippen LogP contribution < -0.4 is 0 Å². The quantitative estimate of drug-likeness (QED) is 0.397. The minimum atomic E-state index is -0.594. The molecule has 0 aliphatic carbocycles. The Labute approximate surface area is 164 Å². The van der Waals surface area contributed by atoms with Gasteiger partial charge in [0.25, 0.3) is 0 Å². The highest BCUT2D eigenvalue weighted by atomic mass is 35.5. The molecule has 0 spiro atoms. The lowest BCUT2D eigenvalue weighted by Crippen LogP contribution is -2.13. The van der Waals surface area contributed by atoms with Crippen LogP contribution in [0.2, 0.25) is 10.0 Å². The molecule has 1 heterocycles. The van der Waals surface area contributed by atoms with E-state index in [4.69, 9.17) is 27.9 Å². The molecule has 6 nitrogen and oxygen atoms in total. The van der Waals surface area contributed by atoms with Crippen molar-refractivity contribution in [2.45, 2.75) is 19.3 Å². The van der Waals surface area contributed by atoms with Gasteiger partial charge in [-0.1, -0.05) is 47.5 Å². The summed E-state index contributed by atoms with van der Waals surface area (Å²) in [7, 11) is 0. The van der Waals surface area contributed by atoms with E-state index in [0.29, 0.717) is 21.2 Å². The van der Waals surface area contributed by atoms with E-state index >= 15 is 0 Å². The lowest BCUT2D eigenvalue weighted by molar-refractivity contribution is -0.389. The Morgan fingerprint density at radius 3 is 2.70 bits per heavy atom. The fraction of sp³-hybridized carbons (Fsp3) is 0.167. The minimum Gasteiger partial charge on any atom is -0.367 e. The number of halogens is 3. The molecule has 3 aromatic rings. The molecule has 2 aromatic carbocycles. The zero-order valence-electron chi connectivity index (χ0n) is 13.9. The highest BCUT2D eigenvalue weighted by Crippen LogP contribution is 2.31. The van der Waals surface area contributed by atoms with Crippen LogP contribution in [0.1, 0.15) is 17.2 Å². The van der Waals surface area contributed by atoms with Crippen LogP contribution in [0.5, 0.6) is 0 Å². The van der Waals surface area contributed by atoms with E-state index in [1.54, 1.807) is 36.4 Å². The summed E-state index contributed by atoms with van der Waals surface area (Å²) >= 11 is 12.2. The molecule has 0 aliphatic rings. The second-order valence-corrected chi connectivity index (χ2v) is 6.59. The zero-order chi connectivity index (χ0) is 19.4. The number of aromatic nitrogens is 2. The molecule has 27 heavy (non-hydrogen) atoms. The van der Waals surface area contributed by atoms with Gasteiger partial charge in [0.1, 0.15) is 18.1 Å². The van der Waals surface area contributed by atoms with E-state index in [-0.39, 0.29) is 24.8 Å². The maximum absolute atomic E-state index is 13.9. The predicted octanol–water partition coefficient (Wildman–Crippen LogP) is 5.20. The van der Waals surface area contributed by atoms with E-state index in [1.807, 2.05) is 0 Å². The summed E-state index contributed by atoms with van der Waals surface area (Å²) in [5.41, 5.74) is 1.03. The van der Waals surface area contributed by atoms with Crippen LogP contribution >= 0.6 is 23.2 Å². The van der Waals surface area contributed by atoms with Crippen molar-refractivity contribution in [3.8, 4) is 0 Å². The Morgan fingerprint density at radius 2 is 2.04 bits per heavy atom. The van der Waals surface area contributed by atoms with E-state index in [1.165, 1.54) is 23.2 Å². The third kappa shape index (κ3) is 4.82. The SMILES string of the molecule is O=[N+]([O-])c1cn(CC(OCc2ccccc2F)c2ccc(Cl)cc2Cl)cn1. The van der Waals surface area contributed by atoms with E-state index < -0.39 is 11.0 Å². The minimum absolute atomic E-state index is 0.00703. The molecule has 0 amide bonds. The standard InChI is InChI=1S/C18H14Cl2FN3O3/c19-13-5-6-14(15(20)7-13)17(8-23-9-18(22-11-23)24(25)26)27-10-12-3-1-2-4-16(12)21/h1-7,9,11,17H,8,10H2. The van der Waals surface area contributed by atoms with E-state index in [2.05, 4.69) is 4.98 Å². The van der Waals surface area contributed by atoms with Gasteiger partial charge in [0.2, 0.25) is 6.33 Å². The second-order valence-electron chi connectivity index (χ2n) is 5.74. The van der Waals surface area contributed by atoms with Gasteiger partial charge in [-0.2, -0.15) is 0 Å². The largest absolute Gasteiger partial charge is 0.381 e. The summed E-state index contributed by atoms with van der Waals surface area (Å²) in [4.78, 5) is 14.0. The molecular formula is C18H14Cl2FN3O3. The Bertz CT molecular complexity index is 965. The summed E-state index contributed by atoms with van der Waals surface area (Å²) in [6, 6.07) is 11.2. The highest BCUT2D eigenvalue weighted by molar-refractivity contribution is 6.35. The van der Waals surface area contributed by atoms with Gasteiger partial charge in [-0.25, -0.2) is 4.39 Å². The summed E-state index contributed by atoms with van der Waals surface area (Å²) in [6.07, 6.45) is 2.04. The maximum atomic E-state index is 13.9. The van der Waals surface area contributed by atoms with Crippen molar-refractivity contribution in [2.24, 2.45) is 0 Å². The molecule has 0 saturated carbocycles. The van der Waals surface area contributed by atoms with Crippen molar-refractivity contribution in [2.75, 3.05) is 0 Å². The number of hydrogen-bond donors (Lipinski definition) is 0.